The Labute approximate surface area is 80.3 Å². The fraction of sp³-hybridized carbons (Fsp3) is 0.333. The SMILES string of the molecule is C=C(C)C[C@H](N)c1ccccc1C. The third-order valence-corrected chi connectivity index (χ3v) is 2.16. The molecule has 0 spiro atoms. The number of benzene rings is 1. The second kappa shape index (κ2) is 4.24. The lowest BCUT2D eigenvalue weighted by atomic mass is 9.97. The molecule has 0 saturated carbocycles. The number of aryl methyl sites for hydroxylation is 1. The normalized spacial score (nSPS) is 12.5. The van der Waals surface area contributed by atoms with Gasteiger partial charge in [-0.15, -0.1) is 6.58 Å². The van der Waals surface area contributed by atoms with Gasteiger partial charge in [-0.2, -0.15) is 0 Å². The first-order chi connectivity index (χ1) is 6.11. The van der Waals surface area contributed by atoms with Gasteiger partial charge in [0.05, 0.1) is 0 Å². The lowest BCUT2D eigenvalue weighted by Crippen LogP contribution is -2.11. The van der Waals surface area contributed by atoms with Crippen molar-refractivity contribution in [2.45, 2.75) is 26.3 Å². The van der Waals surface area contributed by atoms with E-state index in [0.717, 1.165) is 12.0 Å². The van der Waals surface area contributed by atoms with E-state index in [0.29, 0.717) is 0 Å². The Morgan fingerprint density at radius 2 is 2.08 bits per heavy atom. The molecule has 0 radical (unpaired) electrons. The van der Waals surface area contributed by atoms with Crippen LogP contribution in [0.25, 0.3) is 0 Å². The third-order valence-electron chi connectivity index (χ3n) is 2.16. The van der Waals surface area contributed by atoms with Gasteiger partial charge in [0.15, 0.2) is 0 Å². The predicted molar refractivity (Wildman–Crippen MR) is 57.5 cm³/mol. The molecular weight excluding hydrogens is 158 g/mol. The molecular formula is C12H17N. The second-order valence-electron chi connectivity index (χ2n) is 3.62. The first kappa shape index (κ1) is 10.0. The summed E-state index contributed by atoms with van der Waals surface area (Å²) in [6.45, 7) is 7.97. The minimum atomic E-state index is 0.0960. The smallest absolute Gasteiger partial charge is 0.0334 e. The molecule has 1 nitrogen and oxygen atoms in total. The molecule has 0 aliphatic rings. The Kier molecular flexibility index (Phi) is 3.26. The Hall–Kier alpha value is -1.08. The average Bonchev–Trinajstić information content (AvgIpc) is 2.03. The van der Waals surface area contributed by atoms with Gasteiger partial charge in [-0.3, -0.25) is 0 Å². The van der Waals surface area contributed by atoms with Crippen molar-refractivity contribution in [3.8, 4) is 0 Å². The highest BCUT2D eigenvalue weighted by Gasteiger charge is 2.07. The van der Waals surface area contributed by atoms with Crippen LogP contribution in [0.3, 0.4) is 0 Å². The van der Waals surface area contributed by atoms with Crippen LogP contribution in [0.4, 0.5) is 0 Å². The molecule has 0 aliphatic carbocycles. The van der Waals surface area contributed by atoms with Gasteiger partial charge in [-0.1, -0.05) is 29.8 Å². The van der Waals surface area contributed by atoms with Crippen LogP contribution in [0.15, 0.2) is 36.4 Å². The molecule has 70 valence electrons. The number of hydrogen-bond acceptors (Lipinski definition) is 1. The molecule has 1 aromatic carbocycles. The molecule has 0 unspecified atom stereocenters. The maximum Gasteiger partial charge on any atom is 0.0334 e. The Morgan fingerprint density at radius 3 is 2.62 bits per heavy atom. The minimum Gasteiger partial charge on any atom is -0.324 e. The zero-order valence-corrected chi connectivity index (χ0v) is 8.38. The molecule has 1 rings (SSSR count). The summed E-state index contributed by atoms with van der Waals surface area (Å²) in [5.41, 5.74) is 9.66. The Balaban J connectivity index is 2.82. The summed E-state index contributed by atoms with van der Waals surface area (Å²) in [5.74, 6) is 0. The van der Waals surface area contributed by atoms with Crippen LogP contribution < -0.4 is 5.73 Å². The van der Waals surface area contributed by atoms with Crippen molar-refractivity contribution in [2.24, 2.45) is 5.73 Å². The van der Waals surface area contributed by atoms with Gasteiger partial charge in [0.2, 0.25) is 0 Å². The van der Waals surface area contributed by atoms with E-state index in [-0.39, 0.29) is 6.04 Å². The van der Waals surface area contributed by atoms with Crippen molar-refractivity contribution < 1.29 is 0 Å². The van der Waals surface area contributed by atoms with Crippen LogP contribution in [0, 0.1) is 6.92 Å². The Bertz CT molecular complexity index is 302. The lowest BCUT2D eigenvalue weighted by Gasteiger charge is -2.14. The van der Waals surface area contributed by atoms with E-state index in [9.17, 15) is 0 Å². The summed E-state index contributed by atoms with van der Waals surface area (Å²) in [6.07, 6.45) is 0.866. The van der Waals surface area contributed by atoms with Crippen LogP contribution in [-0.2, 0) is 0 Å². The van der Waals surface area contributed by atoms with E-state index in [1.807, 2.05) is 19.1 Å². The van der Waals surface area contributed by atoms with Crippen molar-refractivity contribution in [3.05, 3.63) is 47.5 Å². The van der Waals surface area contributed by atoms with E-state index >= 15 is 0 Å². The highest BCUT2D eigenvalue weighted by molar-refractivity contribution is 5.29. The van der Waals surface area contributed by atoms with Crippen LogP contribution in [-0.4, -0.2) is 0 Å². The van der Waals surface area contributed by atoms with Crippen molar-refractivity contribution in [1.82, 2.24) is 0 Å². The summed E-state index contributed by atoms with van der Waals surface area (Å²) in [5, 5.41) is 0. The van der Waals surface area contributed by atoms with Crippen molar-refractivity contribution in [1.29, 1.82) is 0 Å². The minimum absolute atomic E-state index is 0.0960. The third kappa shape index (κ3) is 2.71. The van der Waals surface area contributed by atoms with Crippen molar-refractivity contribution >= 4 is 0 Å². The fourth-order valence-corrected chi connectivity index (χ4v) is 1.49. The summed E-state index contributed by atoms with van der Waals surface area (Å²) in [6, 6.07) is 8.34. The average molecular weight is 175 g/mol. The van der Waals surface area contributed by atoms with E-state index in [2.05, 4.69) is 25.6 Å². The summed E-state index contributed by atoms with van der Waals surface area (Å²) >= 11 is 0. The van der Waals surface area contributed by atoms with Crippen LogP contribution in [0.1, 0.15) is 30.5 Å². The maximum absolute atomic E-state index is 6.04. The number of nitrogens with two attached hydrogens (primary N) is 1. The van der Waals surface area contributed by atoms with Gasteiger partial charge in [-0.25, -0.2) is 0 Å². The van der Waals surface area contributed by atoms with Gasteiger partial charge in [0.1, 0.15) is 0 Å². The number of rotatable bonds is 3. The monoisotopic (exact) mass is 175 g/mol. The molecule has 0 heterocycles. The zero-order valence-electron chi connectivity index (χ0n) is 8.38. The quantitative estimate of drug-likeness (QED) is 0.702. The first-order valence-electron chi connectivity index (χ1n) is 4.56. The summed E-state index contributed by atoms with van der Waals surface area (Å²) < 4.78 is 0. The van der Waals surface area contributed by atoms with Crippen molar-refractivity contribution in [2.75, 3.05) is 0 Å². The molecule has 0 bridgehead atoms. The van der Waals surface area contributed by atoms with Gasteiger partial charge in [-0.05, 0) is 31.4 Å². The van der Waals surface area contributed by atoms with Gasteiger partial charge < -0.3 is 5.73 Å². The van der Waals surface area contributed by atoms with Crippen LogP contribution in [0.5, 0.6) is 0 Å². The van der Waals surface area contributed by atoms with Gasteiger partial charge in [0.25, 0.3) is 0 Å². The second-order valence-corrected chi connectivity index (χ2v) is 3.62. The largest absolute Gasteiger partial charge is 0.324 e. The zero-order chi connectivity index (χ0) is 9.84. The maximum atomic E-state index is 6.04. The highest BCUT2D eigenvalue weighted by atomic mass is 14.6. The predicted octanol–water partition coefficient (Wildman–Crippen LogP) is 2.96. The van der Waals surface area contributed by atoms with Crippen molar-refractivity contribution in [3.63, 3.8) is 0 Å². The van der Waals surface area contributed by atoms with Crippen LogP contribution >= 0.6 is 0 Å². The van der Waals surface area contributed by atoms with E-state index in [1.165, 1.54) is 11.1 Å². The summed E-state index contributed by atoms with van der Waals surface area (Å²) in [7, 11) is 0. The molecule has 0 aliphatic heterocycles. The lowest BCUT2D eigenvalue weighted by molar-refractivity contribution is 0.712. The molecule has 1 atom stereocenters. The van der Waals surface area contributed by atoms with E-state index in [1.54, 1.807) is 0 Å². The molecule has 0 aromatic heterocycles. The highest BCUT2D eigenvalue weighted by Crippen LogP contribution is 2.20. The fourth-order valence-electron chi connectivity index (χ4n) is 1.49. The standard InChI is InChI=1S/C12H17N/c1-9(2)8-12(13)11-7-5-4-6-10(11)3/h4-7,12H,1,8,13H2,2-3H3/t12-/m0/s1. The molecule has 0 fully saturated rings. The molecule has 0 amide bonds. The molecule has 13 heavy (non-hydrogen) atoms. The molecule has 2 N–H and O–H groups in total. The molecule has 1 aromatic rings. The van der Waals surface area contributed by atoms with Crippen LogP contribution in [0.2, 0.25) is 0 Å². The summed E-state index contributed by atoms with van der Waals surface area (Å²) in [4.78, 5) is 0. The Morgan fingerprint density at radius 1 is 1.46 bits per heavy atom. The van der Waals surface area contributed by atoms with Gasteiger partial charge in [0, 0.05) is 6.04 Å². The number of hydrogen-bond donors (Lipinski definition) is 1. The first-order valence-corrected chi connectivity index (χ1v) is 4.56. The van der Waals surface area contributed by atoms with Gasteiger partial charge >= 0.3 is 0 Å². The molecule has 0 saturated heterocycles. The van der Waals surface area contributed by atoms with E-state index in [4.69, 9.17) is 5.73 Å². The van der Waals surface area contributed by atoms with E-state index < -0.39 is 0 Å². The topological polar surface area (TPSA) is 26.0 Å². The molecule has 1 heteroatoms.